The third-order valence-electron chi connectivity index (χ3n) is 1.98. The van der Waals surface area contributed by atoms with Crippen LogP contribution < -0.4 is 5.32 Å². The molecular formula is C10H15N3O3. The quantitative estimate of drug-likeness (QED) is 0.672. The van der Waals surface area contributed by atoms with Crippen molar-refractivity contribution in [3.05, 3.63) is 18.0 Å². The highest BCUT2D eigenvalue weighted by Gasteiger charge is 2.23. The summed E-state index contributed by atoms with van der Waals surface area (Å²) in [5.41, 5.74) is -0.0493. The zero-order chi connectivity index (χ0) is 12.2. The summed E-state index contributed by atoms with van der Waals surface area (Å²) in [7, 11) is 0. The van der Waals surface area contributed by atoms with Gasteiger partial charge < -0.3 is 10.4 Å². The van der Waals surface area contributed by atoms with E-state index in [4.69, 9.17) is 5.11 Å². The predicted molar refractivity (Wildman–Crippen MR) is 56.8 cm³/mol. The number of carbonyl (C=O) groups excluding carboxylic acids is 1. The van der Waals surface area contributed by atoms with Crippen LogP contribution in [0, 0.1) is 0 Å². The molecule has 1 heterocycles. The Kier molecular flexibility index (Phi) is 3.65. The molecule has 0 bridgehead atoms. The number of aliphatic carboxylic acids is 1. The van der Waals surface area contributed by atoms with E-state index in [9.17, 15) is 9.59 Å². The minimum absolute atomic E-state index is 0.109. The van der Waals surface area contributed by atoms with Crippen molar-refractivity contribution in [2.24, 2.45) is 0 Å². The Hall–Kier alpha value is -1.85. The van der Waals surface area contributed by atoms with Gasteiger partial charge in [-0.1, -0.05) is 0 Å². The van der Waals surface area contributed by atoms with E-state index in [0.717, 1.165) is 0 Å². The minimum atomic E-state index is -0.938. The van der Waals surface area contributed by atoms with Gasteiger partial charge in [0, 0.05) is 17.4 Å². The normalized spacial score (nSPS) is 11.1. The molecule has 0 saturated carbocycles. The molecule has 0 saturated heterocycles. The van der Waals surface area contributed by atoms with Crippen LogP contribution in [0.1, 0.15) is 26.0 Å². The molecule has 0 atom stereocenters. The Morgan fingerprint density at radius 3 is 2.75 bits per heavy atom. The van der Waals surface area contributed by atoms with Crippen LogP contribution in [-0.2, 0) is 16.0 Å². The molecular weight excluding hydrogens is 210 g/mol. The number of carboxylic acid groups (broad SMARTS) is 1. The van der Waals surface area contributed by atoms with Gasteiger partial charge >= 0.3 is 5.97 Å². The number of hydrogen-bond acceptors (Lipinski definition) is 3. The molecule has 0 unspecified atom stereocenters. The van der Waals surface area contributed by atoms with Crippen molar-refractivity contribution in [3.63, 3.8) is 0 Å². The fourth-order valence-corrected chi connectivity index (χ4v) is 1.40. The van der Waals surface area contributed by atoms with Crippen molar-refractivity contribution in [3.8, 4) is 0 Å². The van der Waals surface area contributed by atoms with Crippen LogP contribution in [0.15, 0.2) is 12.3 Å². The molecule has 6 nitrogen and oxygen atoms in total. The third-order valence-corrected chi connectivity index (χ3v) is 1.98. The average Bonchev–Trinajstić information content (AvgIpc) is 2.51. The number of aromatic amines is 1. The first-order valence-electron chi connectivity index (χ1n) is 4.90. The Morgan fingerprint density at radius 1 is 1.56 bits per heavy atom. The van der Waals surface area contributed by atoms with Crippen molar-refractivity contribution in [2.75, 3.05) is 0 Å². The summed E-state index contributed by atoms with van der Waals surface area (Å²) in [4.78, 5) is 22.1. The fourth-order valence-electron chi connectivity index (χ4n) is 1.40. The van der Waals surface area contributed by atoms with Gasteiger partial charge in [-0.3, -0.25) is 14.7 Å². The van der Waals surface area contributed by atoms with E-state index in [-0.39, 0.29) is 18.7 Å². The van der Waals surface area contributed by atoms with Crippen LogP contribution in [-0.4, -0.2) is 32.7 Å². The third kappa shape index (κ3) is 4.12. The van der Waals surface area contributed by atoms with Crippen molar-refractivity contribution < 1.29 is 14.7 Å². The monoisotopic (exact) mass is 225 g/mol. The van der Waals surface area contributed by atoms with Crippen LogP contribution in [0.4, 0.5) is 0 Å². The highest BCUT2D eigenvalue weighted by molar-refractivity contribution is 5.79. The second kappa shape index (κ2) is 4.78. The van der Waals surface area contributed by atoms with Crippen LogP contribution in [0.25, 0.3) is 0 Å². The Labute approximate surface area is 93.1 Å². The van der Waals surface area contributed by atoms with Crippen molar-refractivity contribution in [1.82, 2.24) is 15.5 Å². The first kappa shape index (κ1) is 12.2. The molecule has 0 spiro atoms. The van der Waals surface area contributed by atoms with Gasteiger partial charge in [-0.05, 0) is 19.9 Å². The summed E-state index contributed by atoms with van der Waals surface area (Å²) in [6.45, 7) is 3.35. The SMILES string of the molecule is CC(C)(CC(=O)O)NC(=O)Cc1ccn[nH]1. The van der Waals surface area contributed by atoms with Gasteiger partial charge in [0.15, 0.2) is 0 Å². The van der Waals surface area contributed by atoms with Gasteiger partial charge in [0.2, 0.25) is 5.91 Å². The number of nitrogens with zero attached hydrogens (tertiary/aromatic N) is 1. The molecule has 0 aliphatic rings. The highest BCUT2D eigenvalue weighted by atomic mass is 16.4. The summed E-state index contributed by atoms with van der Waals surface area (Å²) in [5.74, 6) is -1.16. The molecule has 0 radical (unpaired) electrons. The van der Waals surface area contributed by atoms with Gasteiger partial charge in [-0.15, -0.1) is 0 Å². The molecule has 3 N–H and O–H groups in total. The van der Waals surface area contributed by atoms with Crippen LogP contribution in [0.5, 0.6) is 0 Å². The van der Waals surface area contributed by atoms with Gasteiger partial charge in [0.05, 0.1) is 12.8 Å². The number of rotatable bonds is 5. The zero-order valence-corrected chi connectivity index (χ0v) is 9.28. The Balaban J connectivity index is 2.47. The van der Waals surface area contributed by atoms with Gasteiger partial charge in [-0.2, -0.15) is 5.10 Å². The van der Waals surface area contributed by atoms with Crippen LogP contribution >= 0.6 is 0 Å². The Bertz CT molecular complexity index is 371. The predicted octanol–water partition coefficient (Wildman–Crippen LogP) is 0.322. The number of H-pyrrole nitrogens is 1. The van der Waals surface area contributed by atoms with Crippen LogP contribution in [0.3, 0.4) is 0 Å². The number of aromatic nitrogens is 2. The summed E-state index contributed by atoms with van der Waals surface area (Å²) in [5, 5.41) is 17.7. The van der Waals surface area contributed by atoms with Gasteiger partial charge in [0.25, 0.3) is 0 Å². The maximum atomic E-state index is 11.6. The number of hydrogen-bond donors (Lipinski definition) is 3. The molecule has 1 rings (SSSR count). The highest BCUT2D eigenvalue weighted by Crippen LogP contribution is 2.08. The summed E-state index contributed by atoms with van der Waals surface area (Å²) < 4.78 is 0. The van der Waals surface area contributed by atoms with E-state index >= 15 is 0 Å². The first-order chi connectivity index (χ1) is 7.39. The lowest BCUT2D eigenvalue weighted by Gasteiger charge is -2.24. The van der Waals surface area contributed by atoms with Crippen molar-refractivity contribution in [1.29, 1.82) is 0 Å². The van der Waals surface area contributed by atoms with E-state index in [1.165, 1.54) is 0 Å². The number of amides is 1. The van der Waals surface area contributed by atoms with Gasteiger partial charge in [-0.25, -0.2) is 0 Å². The lowest BCUT2D eigenvalue weighted by molar-refractivity contribution is -0.138. The molecule has 1 aromatic rings. The van der Waals surface area contributed by atoms with Crippen LogP contribution in [0.2, 0.25) is 0 Å². The topological polar surface area (TPSA) is 95.1 Å². The molecule has 0 aromatic carbocycles. The number of carbonyl (C=O) groups is 2. The molecule has 1 amide bonds. The lowest BCUT2D eigenvalue weighted by Crippen LogP contribution is -2.45. The smallest absolute Gasteiger partial charge is 0.305 e. The standard InChI is InChI=1S/C10H15N3O3/c1-10(2,6-9(15)16)12-8(14)5-7-3-4-11-13-7/h3-4H,5-6H2,1-2H3,(H,11,13)(H,12,14)(H,15,16). The largest absolute Gasteiger partial charge is 0.481 e. The average molecular weight is 225 g/mol. The van der Waals surface area contributed by atoms with E-state index in [1.807, 2.05) is 0 Å². The zero-order valence-electron chi connectivity index (χ0n) is 9.28. The lowest BCUT2D eigenvalue weighted by atomic mass is 10.0. The molecule has 0 aliphatic heterocycles. The fraction of sp³-hybridized carbons (Fsp3) is 0.500. The van der Waals surface area contributed by atoms with E-state index < -0.39 is 11.5 Å². The molecule has 0 fully saturated rings. The molecule has 0 aliphatic carbocycles. The van der Waals surface area contributed by atoms with E-state index in [2.05, 4.69) is 15.5 Å². The summed E-state index contributed by atoms with van der Waals surface area (Å²) >= 11 is 0. The number of carboxylic acids is 1. The maximum absolute atomic E-state index is 11.6. The van der Waals surface area contributed by atoms with Gasteiger partial charge in [0.1, 0.15) is 0 Å². The van der Waals surface area contributed by atoms with E-state index in [1.54, 1.807) is 26.1 Å². The molecule has 6 heteroatoms. The second-order valence-electron chi connectivity index (χ2n) is 4.26. The Morgan fingerprint density at radius 2 is 2.25 bits per heavy atom. The molecule has 1 aromatic heterocycles. The second-order valence-corrected chi connectivity index (χ2v) is 4.26. The number of nitrogens with one attached hydrogen (secondary N) is 2. The van der Waals surface area contributed by atoms with E-state index in [0.29, 0.717) is 5.69 Å². The van der Waals surface area contributed by atoms with Crippen molar-refractivity contribution in [2.45, 2.75) is 32.2 Å². The first-order valence-corrected chi connectivity index (χ1v) is 4.90. The molecule has 16 heavy (non-hydrogen) atoms. The minimum Gasteiger partial charge on any atom is -0.481 e. The van der Waals surface area contributed by atoms with Crippen molar-refractivity contribution >= 4 is 11.9 Å². The summed E-state index contributed by atoms with van der Waals surface area (Å²) in [6.07, 6.45) is 1.62. The molecule has 88 valence electrons. The summed E-state index contributed by atoms with van der Waals surface area (Å²) in [6, 6.07) is 1.70. The maximum Gasteiger partial charge on any atom is 0.305 e.